The van der Waals surface area contributed by atoms with Crippen LogP contribution in [0.15, 0.2) is 29.3 Å². The van der Waals surface area contributed by atoms with E-state index in [9.17, 15) is 0 Å². The third-order valence-corrected chi connectivity index (χ3v) is 5.42. The number of guanidine groups is 1. The lowest BCUT2D eigenvalue weighted by molar-refractivity contribution is 0.143. The van der Waals surface area contributed by atoms with Gasteiger partial charge in [0.2, 0.25) is 0 Å². The van der Waals surface area contributed by atoms with Crippen LogP contribution in [0.3, 0.4) is 0 Å². The molecule has 6 heteroatoms. The maximum atomic E-state index is 6.29. The van der Waals surface area contributed by atoms with Gasteiger partial charge in [-0.05, 0) is 63.2 Å². The Morgan fingerprint density at radius 1 is 1.22 bits per heavy atom. The summed E-state index contributed by atoms with van der Waals surface area (Å²) in [7, 11) is 1.84. The summed E-state index contributed by atoms with van der Waals surface area (Å²) in [5.41, 5.74) is 1.23. The van der Waals surface area contributed by atoms with E-state index in [0.717, 1.165) is 69.8 Å². The zero-order chi connectivity index (χ0) is 19.3. The fraction of sp³-hybridized carbons (Fsp3) is 0.667. The highest BCUT2D eigenvalue weighted by Crippen LogP contribution is 2.21. The standard InChI is InChI=1S/C21H35ClN4O/c1-3-27-15-7-6-12-24-21(23-2)25-16-18-10-13-26(14-11-18)17-19-8-4-5-9-20(19)22/h4-5,8-9,18H,3,6-7,10-17H2,1-2H3,(H2,23,24,25). The molecule has 0 radical (unpaired) electrons. The second kappa shape index (κ2) is 13.0. The van der Waals surface area contributed by atoms with Crippen molar-refractivity contribution in [2.45, 2.75) is 39.2 Å². The number of aliphatic imine (C=N–C) groups is 1. The van der Waals surface area contributed by atoms with Gasteiger partial charge in [-0.25, -0.2) is 0 Å². The molecule has 0 aliphatic carbocycles. The van der Waals surface area contributed by atoms with Gasteiger partial charge in [0.15, 0.2) is 5.96 Å². The molecule has 1 aliphatic rings. The van der Waals surface area contributed by atoms with Gasteiger partial charge in [0, 0.05) is 44.9 Å². The molecule has 27 heavy (non-hydrogen) atoms. The molecular weight excluding hydrogens is 360 g/mol. The molecule has 1 heterocycles. The Kier molecular flexibility index (Phi) is 10.6. The van der Waals surface area contributed by atoms with Crippen LogP contribution in [0.1, 0.15) is 38.2 Å². The molecule has 0 aromatic heterocycles. The average Bonchev–Trinajstić information content (AvgIpc) is 2.70. The second-order valence-corrected chi connectivity index (χ2v) is 7.50. The number of piperidine rings is 1. The number of likely N-dealkylation sites (tertiary alicyclic amines) is 1. The topological polar surface area (TPSA) is 48.9 Å². The highest BCUT2D eigenvalue weighted by atomic mass is 35.5. The first-order valence-electron chi connectivity index (χ1n) is 10.2. The first-order valence-corrected chi connectivity index (χ1v) is 10.6. The van der Waals surface area contributed by atoms with Gasteiger partial charge in [-0.15, -0.1) is 0 Å². The largest absolute Gasteiger partial charge is 0.382 e. The van der Waals surface area contributed by atoms with E-state index in [0.29, 0.717) is 5.92 Å². The van der Waals surface area contributed by atoms with E-state index in [4.69, 9.17) is 16.3 Å². The van der Waals surface area contributed by atoms with Crippen LogP contribution in [0.4, 0.5) is 0 Å². The minimum Gasteiger partial charge on any atom is -0.382 e. The lowest BCUT2D eigenvalue weighted by Crippen LogP contribution is -2.43. The molecule has 0 atom stereocenters. The summed E-state index contributed by atoms with van der Waals surface area (Å²) in [6, 6.07) is 8.15. The van der Waals surface area contributed by atoms with Gasteiger partial charge in [0.1, 0.15) is 0 Å². The lowest BCUT2D eigenvalue weighted by Gasteiger charge is -2.32. The van der Waals surface area contributed by atoms with Crippen molar-refractivity contribution in [1.82, 2.24) is 15.5 Å². The molecule has 1 aromatic rings. The van der Waals surface area contributed by atoms with Crippen LogP contribution in [0.5, 0.6) is 0 Å². The number of nitrogens with one attached hydrogen (secondary N) is 2. The van der Waals surface area contributed by atoms with Gasteiger partial charge >= 0.3 is 0 Å². The first kappa shape index (κ1) is 22.0. The quantitative estimate of drug-likeness (QED) is 0.362. The van der Waals surface area contributed by atoms with Crippen molar-refractivity contribution < 1.29 is 4.74 Å². The molecule has 1 aromatic carbocycles. The fourth-order valence-electron chi connectivity index (χ4n) is 3.36. The number of unbranched alkanes of at least 4 members (excludes halogenated alkanes) is 1. The summed E-state index contributed by atoms with van der Waals surface area (Å²) >= 11 is 6.29. The molecular formula is C21H35ClN4O. The Balaban J connectivity index is 1.60. The van der Waals surface area contributed by atoms with Crippen molar-refractivity contribution in [2.75, 3.05) is 46.4 Å². The summed E-state index contributed by atoms with van der Waals surface area (Å²) in [4.78, 5) is 6.83. The van der Waals surface area contributed by atoms with Crippen LogP contribution >= 0.6 is 11.6 Å². The highest BCUT2D eigenvalue weighted by molar-refractivity contribution is 6.31. The Labute approximate surface area is 169 Å². The van der Waals surface area contributed by atoms with Crippen LogP contribution in [-0.2, 0) is 11.3 Å². The Morgan fingerprint density at radius 2 is 2.00 bits per heavy atom. The van der Waals surface area contributed by atoms with Crippen LogP contribution < -0.4 is 10.6 Å². The first-order chi connectivity index (χ1) is 13.2. The van der Waals surface area contributed by atoms with Crippen molar-refractivity contribution in [3.05, 3.63) is 34.9 Å². The SMILES string of the molecule is CCOCCCCNC(=NC)NCC1CCN(Cc2ccccc2Cl)CC1. The van der Waals surface area contributed by atoms with Crippen LogP contribution in [0.25, 0.3) is 0 Å². The molecule has 0 amide bonds. The summed E-state index contributed by atoms with van der Waals surface area (Å²) in [5.74, 6) is 1.61. The van der Waals surface area contributed by atoms with Gasteiger partial charge in [0.25, 0.3) is 0 Å². The molecule has 0 bridgehead atoms. The molecule has 0 saturated carbocycles. The van der Waals surface area contributed by atoms with Gasteiger partial charge in [-0.2, -0.15) is 0 Å². The zero-order valence-corrected chi connectivity index (χ0v) is 17.6. The summed E-state index contributed by atoms with van der Waals surface area (Å²) in [6.07, 6.45) is 4.61. The number of halogens is 1. The van der Waals surface area contributed by atoms with E-state index in [1.807, 2.05) is 26.1 Å². The van der Waals surface area contributed by atoms with E-state index < -0.39 is 0 Å². The van der Waals surface area contributed by atoms with Gasteiger partial charge < -0.3 is 15.4 Å². The van der Waals surface area contributed by atoms with Crippen molar-refractivity contribution >= 4 is 17.6 Å². The number of rotatable bonds is 10. The summed E-state index contributed by atoms with van der Waals surface area (Å²) in [5, 5.41) is 7.75. The normalized spacial score (nSPS) is 16.5. The molecule has 1 saturated heterocycles. The molecule has 1 fully saturated rings. The molecule has 152 valence electrons. The fourth-order valence-corrected chi connectivity index (χ4v) is 3.55. The molecule has 1 aliphatic heterocycles. The minimum atomic E-state index is 0.698. The monoisotopic (exact) mass is 394 g/mol. The van der Waals surface area contributed by atoms with Crippen molar-refractivity contribution in [1.29, 1.82) is 0 Å². The van der Waals surface area contributed by atoms with E-state index in [1.54, 1.807) is 0 Å². The lowest BCUT2D eigenvalue weighted by atomic mass is 9.96. The molecule has 2 rings (SSSR count). The second-order valence-electron chi connectivity index (χ2n) is 7.09. The minimum absolute atomic E-state index is 0.698. The van der Waals surface area contributed by atoms with Crippen molar-refractivity contribution in [3.8, 4) is 0 Å². The molecule has 5 nitrogen and oxygen atoms in total. The highest BCUT2D eigenvalue weighted by Gasteiger charge is 2.20. The third-order valence-electron chi connectivity index (χ3n) is 5.05. The predicted molar refractivity (Wildman–Crippen MR) is 115 cm³/mol. The van der Waals surface area contributed by atoms with Crippen LogP contribution in [0.2, 0.25) is 5.02 Å². The Hall–Kier alpha value is -1.30. The van der Waals surface area contributed by atoms with Gasteiger partial charge in [-0.1, -0.05) is 29.8 Å². The number of benzene rings is 1. The Morgan fingerprint density at radius 3 is 2.70 bits per heavy atom. The zero-order valence-electron chi connectivity index (χ0n) is 16.8. The average molecular weight is 395 g/mol. The molecule has 2 N–H and O–H groups in total. The molecule has 0 spiro atoms. The maximum Gasteiger partial charge on any atom is 0.190 e. The van der Waals surface area contributed by atoms with Crippen molar-refractivity contribution in [3.63, 3.8) is 0 Å². The van der Waals surface area contributed by atoms with Crippen LogP contribution in [-0.4, -0.2) is 57.3 Å². The summed E-state index contributed by atoms with van der Waals surface area (Å²) < 4.78 is 5.36. The smallest absolute Gasteiger partial charge is 0.190 e. The maximum absolute atomic E-state index is 6.29. The number of nitrogens with zero attached hydrogens (tertiary/aromatic N) is 2. The summed E-state index contributed by atoms with van der Waals surface area (Å²) in [6.45, 7) is 8.80. The Bertz CT molecular complexity index is 559. The van der Waals surface area contributed by atoms with Crippen LogP contribution in [0, 0.1) is 5.92 Å². The van der Waals surface area contributed by atoms with E-state index in [2.05, 4.69) is 32.7 Å². The van der Waals surface area contributed by atoms with E-state index >= 15 is 0 Å². The number of hydrogen-bond donors (Lipinski definition) is 2. The van der Waals surface area contributed by atoms with E-state index in [-0.39, 0.29) is 0 Å². The van der Waals surface area contributed by atoms with Gasteiger partial charge in [0.05, 0.1) is 0 Å². The van der Waals surface area contributed by atoms with E-state index in [1.165, 1.54) is 18.4 Å². The number of ether oxygens (including phenoxy) is 1. The van der Waals surface area contributed by atoms with Gasteiger partial charge in [-0.3, -0.25) is 9.89 Å². The number of hydrogen-bond acceptors (Lipinski definition) is 3. The predicted octanol–water partition coefficient (Wildman–Crippen LogP) is 3.53. The van der Waals surface area contributed by atoms with Crippen molar-refractivity contribution in [2.24, 2.45) is 10.9 Å². The molecule has 0 unspecified atom stereocenters. The third kappa shape index (κ3) is 8.50.